The highest BCUT2D eigenvalue weighted by Gasteiger charge is 2.18. The van der Waals surface area contributed by atoms with Crippen molar-refractivity contribution in [2.24, 2.45) is 0 Å². The van der Waals surface area contributed by atoms with E-state index >= 15 is 0 Å². The molecule has 0 radical (unpaired) electrons. The molecular formula is C12H16O3. The Morgan fingerprint density at radius 3 is 2.87 bits per heavy atom. The summed E-state index contributed by atoms with van der Waals surface area (Å²) in [6.07, 6.45) is 2.39. The lowest BCUT2D eigenvalue weighted by Gasteiger charge is -2.22. The maximum atomic E-state index is 10.5. The minimum atomic E-state index is -0.241. The Balaban J connectivity index is 0.000000531. The predicted octanol–water partition coefficient (Wildman–Crippen LogP) is 1.50. The third kappa shape index (κ3) is 2.80. The molecule has 0 aliphatic carbocycles. The number of carbonyl (C=O) groups excluding carboxylic acids is 1. The van der Waals surface area contributed by atoms with Crippen LogP contribution in [-0.4, -0.2) is 24.6 Å². The summed E-state index contributed by atoms with van der Waals surface area (Å²) in [5.74, 6) is 0.869. The van der Waals surface area contributed by atoms with Gasteiger partial charge in [-0.25, -0.2) is 0 Å². The molecule has 1 aliphatic heterocycles. The highest BCUT2D eigenvalue weighted by molar-refractivity contribution is 5.58. The maximum absolute atomic E-state index is 10.5. The molecule has 0 aromatic heterocycles. The van der Waals surface area contributed by atoms with Crippen LogP contribution in [0.1, 0.15) is 17.5 Å². The van der Waals surface area contributed by atoms with Gasteiger partial charge in [0.1, 0.15) is 5.75 Å². The maximum Gasteiger partial charge on any atom is 0.160 e. The summed E-state index contributed by atoms with van der Waals surface area (Å²) in [5.41, 5.74) is 2.46. The number of aliphatic hydroxyl groups excluding tert-OH is 1. The van der Waals surface area contributed by atoms with E-state index in [0.29, 0.717) is 0 Å². The van der Waals surface area contributed by atoms with Gasteiger partial charge in [-0.3, -0.25) is 4.79 Å². The van der Waals surface area contributed by atoms with Crippen molar-refractivity contribution in [1.82, 2.24) is 0 Å². The van der Waals surface area contributed by atoms with E-state index in [-0.39, 0.29) is 6.10 Å². The second kappa shape index (κ2) is 5.51. The summed E-state index contributed by atoms with van der Waals surface area (Å²) < 4.78 is 5.47. The minimum absolute atomic E-state index is 0.241. The number of aliphatic hydroxyl groups is 1. The lowest BCUT2D eigenvalue weighted by atomic mass is 10.0. The SMILES string of the molecule is CO.Cc1ccc2c(c1)CCC(C=O)O2. The van der Waals surface area contributed by atoms with E-state index in [1.165, 1.54) is 11.1 Å². The van der Waals surface area contributed by atoms with Crippen LogP contribution < -0.4 is 4.74 Å². The molecule has 0 bridgehead atoms. The van der Waals surface area contributed by atoms with Gasteiger partial charge >= 0.3 is 0 Å². The highest BCUT2D eigenvalue weighted by Crippen LogP contribution is 2.27. The van der Waals surface area contributed by atoms with E-state index in [1.54, 1.807) is 0 Å². The van der Waals surface area contributed by atoms with Crippen molar-refractivity contribution < 1.29 is 14.6 Å². The van der Waals surface area contributed by atoms with Gasteiger partial charge in [0.25, 0.3) is 0 Å². The first-order chi connectivity index (χ1) is 7.29. The van der Waals surface area contributed by atoms with Crippen LogP contribution in [-0.2, 0) is 11.2 Å². The summed E-state index contributed by atoms with van der Waals surface area (Å²) in [7, 11) is 1.00. The molecule has 0 saturated carbocycles. The lowest BCUT2D eigenvalue weighted by molar-refractivity contribution is -0.114. The molecule has 3 heteroatoms. The Labute approximate surface area is 89.7 Å². The first kappa shape index (κ1) is 11.7. The second-order valence-electron chi connectivity index (χ2n) is 3.44. The van der Waals surface area contributed by atoms with Gasteiger partial charge in [0.05, 0.1) is 0 Å². The standard InChI is InChI=1S/C11H12O2.CH4O/c1-8-2-5-11-9(6-8)3-4-10(7-12)13-11;1-2/h2,5-7,10H,3-4H2,1H3;2H,1H3. The molecule has 0 amide bonds. The molecule has 1 N–H and O–H groups in total. The zero-order chi connectivity index (χ0) is 11.3. The van der Waals surface area contributed by atoms with E-state index in [2.05, 4.69) is 13.0 Å². The van der Waals surface area contributed by atoms with Crippen LogP contribution in [0.25, 0.3) is 0 Å². The molecule has 1 heterocycles. The molecular weight excluding hydrogens is 192 g/mol. The summed E-state index contributed by atoms with van der Waals surface area (Å²) in [5, 5.41) is 7.00. The van der Waals surface area contributed by atoms with Gasteiger partial charge in [-0.2, -0.15) is 0 Å². The fraction of sp³-hybridized carbons (Fsp3) is 0.417. The number of rotatable bonds is 1. The van der Waals surface area contributed by atoms with Gasteiger partial charge in [0.15, 0.2) is 12.4 Å². The van der Waals surface area contributed by atoms with E-state index < -0.39 is 0 Å². The average Bonchev–Trinajstić information content (AvgIpc) is 2.31. The van der Waals surface area contributed by atoms with Gasteiger partial charge in [0.2, 0.25) is 0 Å². The van der Waals surface area contributed by atoms with Gasteiger partial charge in [-0.1, -0.05) is 17.7 Å². The second-order valence-corrected chi connectivity index (χ2v) is 3.44. The Kier molecular flexibility index (Phi) is 4.31. The largest absolute Gasteiger partial charge is 0.483 e. The Bertz CT molecular complexity index is 334. The van der Waals surface area contributed by atoms with Crippen LogP contribution in [0, 0.1) is 6.92 Å². The Hall–Kier alpha value is -1.35. The molecule has 1 aromatic rings. The smallest absolute Gasteiger partial charge is 0.160 e. The third-order valence-corrected chi connectivity index (χ3v) is 2.34. The minimum Gasteiger partial charge on any atom is -0.483 e. The van der Waals surface area contributed by atoms with Crippen LogP contribution in [0.2, 0.25) is 0 Å². The van der Waals surface area contributed by atoms with Crippen molar-refractivity contribution in [3.05, 3.63) is 29.3 Å². The summed E-state index contributed by atoms with van der Waals surface area (Å²) >= 11 is 0. The quantitative estimate of drug-likeness (QED) is 0.711. The third-order valence-electron chi connectivity index (χ3n) is 2.34. The van der Waals surface area contributed by atoms with Gasteiger partial charge < -0.3 is 9.84 Å². The van der Waals surface area contributed by atoms with E-state index in [0.717, 1.165) is 32.0 Å². The Morgan fingerprint density at radius 1 is 1.47 bits per heavy atom. The number of ether oxygens (including phenoxy) is 1. The number of hydrogen-bond donors (Lipinski definition) is 1. The van der Waals surface area contributed by atoms with Gasteiger partial charge in [-0.15, -0.1) is 0 Å². The van der Waals surface area contributed by atoms with Crippen LogP contribution in [0.5, 0.6) is 5.75 Å². The van der Waals surface area contributed by atoms with Crippen LogP contribution in [0.3, 0.4) is 0 Å². The lowest BCUT2D eigenvalue weighted by Crippen LogP contribution is -2.23. The number of benzene rings is 1. The van der Waals surface area contributed by atoms with Crippen LogP contribution in [0.4, 0.5) is 0 Å². The molecule has 3 nitrogen and oxygen atoms in total. The highest BCUT2D eigenvalue weighted by atomic mass is 16.5. The molecule has 1 aliphatic rings. The fourth-order valence-corrected chi connectivity index (χ4v) is 1.63. The van der Waals surface area contributed by atoms with Crippen molar-refractivity contribution in [1.29, 1.82) is 0 Å². The summed E-state index contributed by atoms with van der Waals surface area (Å²) in [6.45, 7) is 2.06. The van der Waals surface area contributed by atoms with Gasteiger partial charge in [-0.05, 0) is 31.4 Å². The van der Waals surface area contributed by atoms with Crippen molar-refractivity contribution in [3.8, 4) is 5.75 Å². The molecule has 1 aromatic carbocycles. The molecule has 0 saturated heterocycles. The van der Waals surface area contributed by atoms with E-state index in [1.807, 2.05) is 12.1 Å². The number of aldehydes is 1. The molecule has 0 fully saturated rings. The molecule has 15 heavy (non-hydrogen) atoms. The van der Waals surface area contributed by atoms with Crippen molar-refractivity contribution in [2.75, 3.05) is 7.11 Å². The van der Waals surface area contributed by atoms with Gasteiger partial charge in [0, 0.05) is 7.11 Å². The summed E-state index contributed by atoms with van der Waals surface area (Å²) in [4.78, 5) is 10.5. The number of fused-ring (bicyclic) bond motifs is 1. The first-order valence-electron chi connectivity index (χ1n) is 4.96. The average molecular weight is 208 g/mol. The van der Waals surface area contributed by atoms with Crippen molar-refractivity contribution in [2.45, 2.75) is 25.9 Å². The van der Waals surface area contributed by atoms with E-state index in [9.17, 15) is 4.79 Å². The van der Waals surface area contributed by atoms with Crippen LogP contribution in [0.15, 0.2) is 18.2 Å². The molecule has 1 atom stereocenters. The van der Waals surface area contributed by atoms with E-state index in [4.69, 9.17) is 9.84 Å². The topological polar surface area (TPSA) is 46.5 Å². The number of hydrogen-bond acceptors (Lipinski definition) is 3. The molecule has 1 unspecified atom stereocenters. The molecule has 0 spiro atoms. The monoisotopic (exact) mass is 208 g/mol. The fourth-order valence-electron chi connectivity index (χ4n) is 1.63. The van der Waals surface area contributed by atoms with Crippen LogP contribution >= 0.6 is 0 Å². The molecule has 2 rings (SSSR count). The predicted molar refractivity (Wildman–Crippen MR) is 58.1 cm³/mol. The van der Waals surface area contributed by atoms with Crippen molar-refractivity contribution >= 4 is 6.29 Å². The number of aryl methyl sites for hydroxylation is 2. The van der Waals surface area contributed by atoms with Crippen molar-refractivity contribution in [3.63, 3.8) is 0 Å². The zero-order valence-corrected chi connectivity index (χ0v) is 9.06. The zero-order valence-electron chi connectivity index (χ0n) is 9.06. The first-order valence-corrected chi connectivity index (χ1v) is 4.96. The number of carbonyl (C=O) groups is 1. The normalized spacial score (nSPS) is 17.9. The molecule has 82 valence electrons. The Morgan fingerprint density at radius 2 is 2.20 bits per heavy atom. The summed E-state index contributed by atoms with van der Waals surface area (Å²) in [6, 6.07) is 6.07.